The summed E-state index contributed by atoms with van der Waals surface area (Å²) in [7, 11) is 0. The zero-order valence-electron chi connectivity index (χ0n) is 17.4. The maximum absolute atomic E-state index is 12.9. The number of esters is 1. The molecule has 0 aliphatic carbocycles. The number of thioether (sulfide) groups is 1. The number of benzene rings is 1. The van der Waals surface area contributed by atoms with E-state index in [2.05, 4.69) is 16.3 Å². The van der Waals surface area contributed by atoms with E-state index in [0.29, 0.717) is 37.7 Å². The van der Waals surface area contributed by atoms with E-state index in [-0.39, 0.29) is 23.0 Å². The molecule has 3 rings (SSSR count). The fourth-order valence-electron chi connectivity index (χ4n) is 3.54. The quantitative estimate of drug-likeness (QED) is 0.532. The Labute approximate surface area is 175 Å². The number of amides is 1. The third kappa shape index (κ3) is 4.98. The monoisotopic (exact) mass is 416 g/mol. The van der Waals surface area contributed by atoms with Gasteiger partial charge in [0.15, 0.2) is 5.16 Å². The van der Waals surface area contributed by atoms with Gasteiger partial charge in [-0.3, -0.25) is 14.2 Å². The summed E-state index contributed by atoms with van der Waals surface area (Å²) in [4.78, 5) is 26.7. The van der Waals surface area contributed by atoms with Gasteiger partial charge < -0.3 is 9.64 Å². The molecule has 1 aromatic carbocycles. The van der Waals surface area contributed by atoms with E-state index in [1.807, 2.05) is 55.4 Å². The highest BCUT2D eigenvalue weighted by atomic mass is 32.2. The molecule has 0 spiro atoms. The predicted molar refractivity (Wildman–Crippen MR) is 112 cm³/mol. The average Bonchev–Trinajstić information content (AvgIpc) is 3.07. The minimum Gasteiger partial charge on any atom is -0.466 e. The van der Waals surface area contributed by atoms with Crippen LogP contribution >= 0.6 is 11.8 Å². The number of likely N-dealkylation sites (tertiary alicyclic amines) is 1. The molecule has 8 heteroatoms. The number of rotatable bonds is 6. The lowest BCUT2D eigenvalue weighted by Crippen LogP contribution is -2.43. The highest BCUT2D eigenvalue weighted by Gasteiger charge is 2.31. The van der Waals surface area contributed by atoms with Crippen molar-refractivity contribution < 1.29 is 14.3 Å². The number of carbonyl (C=O) groups excluding carboxylic acids is 2. The summed E-state index contributed by atoms with van der Waals surface area (Å²) in [5.41, 5.74) is 2.14. The highest BCUT2D eigenvalue weighted by Crippen LogP contribution is 2.28. The third-order valence-corrected chi connectivity index (χ3v) is 6.14. The van der Waals surface area contributed by atoms with Gasteiger partial charge in [-0.15, -0.1) is 10.2 Å². The van der Waals surface area contributed by atoms with E-state index >= 15 is 0 Å². The van der Waals surface area contributed by atoms with Crippen LogP contribution in [0.5, 0.6) is 0 Å². The Balaban J connectivity index is 1.65. The molecule has 0 N–H and O–H groups in total. The van der Waals surface area contributed by atoms with Gasteiger partial charge in [-0.1, -0.05) is 23.9 Å². The lowest BCUT2D eigenvalue weighted by atomic mass is 9.97. The van der Waals surface area contributed by atoms with Crippen molar-refractivity contribution in [3.63, 3.8) is 0 Å². The van der Waals surface area contributed by atoms with Gasteiger partial charge in [0.05, 0.1) is 17.8 Å². The van der Waals surface area contributed by atoms with Crippen LogP contribution in [-0.4, -0.2) is 56.5 Å². The SMILES string of the molecule is CCOC(=O)C1CCN(C(=O)[C@H](C)Sc2nnc(C)n2-c2cccc(C)c2)CC1. The first-order valence-electron chi connectivity index (χ1n) is 10.0. The highest BCUT2D eigenvalue weighted by molar-refractivity contribution is 8.00. The summed E-state index contributed by atoms with van der Waals surface area (Å²) in [5.74, 6) is 0.597. The summed E-state index contributed by atoms with van der Waals surface area (Å²) in [6, 6.07) is 8.13. The van der Waals surface area contributed by atoms with Crippen LogP contribution < -0.4 is 0 Å². The molecule has 2 aromatic rings. The maximum atomic E-state index is 12.9. The normalized spacial score (nSPS) is 15.9. The summed E-state index contributed by atoms with van der Waals surface area (Å²) in [6.45, 7) is 9.22. The van der Waals surface area contributed by atoms with Crippen LogP contribution in [0.15, 0.2) is 29.4 Å². The van der Waals surface area contributed by atoms with Crippen molar-refractivity contribution in [1.82, 2.24) is 19.7 Å². The minimum atomic E-state index is -0.290. The number of ether oxygens (including phenoxy) is 1. The zero-order chi connectivity index (χ0) is 21.0. The van der Waals surface area contributed by atoms with Crippen molar-refractivity contribution in [2.75, 3.05) is 19.7 Å². The Kier molecular flexibility index (Phi) is 6.95. The number of hydrogen-bond donors (Lipinski definition) is 0. The number of aromatic nitrogens is 3. The second-order valence-corrected chi connectivity index (χ2v) is 8.62. The molecule has 156 valence electrons. The molecule has 7 nitrogen and oxygen atoms in total. The summed E-state index contributed by atoms with van der Waals surface area (Å²) in [5, 5.41) is 8.91. The van der Waals surface area contributed by atoms with Crippen LogP contribution in [0.25, 0.3) is 5.69 Å². The van der Waals surface area contributed by atoms with Gasteiger partial charge in [0, 0.05) is 18.8 Å². The van der Waals surface area contributed by atoms with E-state index < -0.39 is 0 Å². The summed E-state index contributed by atoms with van der Waals surface area (Å²) < 4.78 is 7.09. The van der Waals surface area contributed by atoms with Gasteiger partial charge in [0.25, 0.3) is 0 Å². The first-order valence-corrected chi connectivity index (χ1v) is 10.9. The Hall–Kier alpha value is -2.35. The van der Waals surface area contributed by atoms with Crippen molar-refractivity contribution in [2.24, 2.45) is 5.92 Å². The fourth-order valence-corrected chi connectivity index (χ4v) is 4.54. The van der Waals surface area contributed by atoms with Crippen molar-refractivity contribution in [1.29, 1.82) is 0 Å². The Morgan fingerprint density at radius 2 is 1.97 bits per heavy atom. The molecule has 1 fully saturated rings. The first-order chi connectivity index (χ1) is 13.9. The average molecular weight is 417 g/mol. The number of piperidine rings is 1. The van der Waals surface area contributed by atoms with Crippen molar-refractivity contribution in [3.05, 3.63) is 35.7 Å². The molecular formula is C21H28N4O3S. The predicted octanol–water partition coefficient (Wildman–Crippen LogP) is 3.17. The first kappa shape index (κ1) is 21.4. The lowest BCUT2D eigenvalue weighted by Gasteiger charge is -2.32. The van der Waals surface area contributed by atoms with Crippen LogP contribution in [0.4, 0.5) is 0 Å². The standard InChI is InChI=1S/C21H28N4O3S/c1-5-28-20(27)17-9-11-24(12-10-17)19(26)15(3)29-21-23-22-16(4)25(21)18-8-6-7-14(2)13-18/h6-8,13,15,17H,5,9-12H2,1-4H3/t15-/m0/s1. The third-order valence-electron chi connectivity index (χ3n) is 5.11. The molecule has 1 aromatic heterocycles. The van der Waals surface area contributed by atoms with Crippen LogP contribution in [0.3, 0.4) is 0 Å². The minimum absolute atomic E-state index is 0.0637. The fraction of sp³-hybridized carbons (Fsp3) is 0.524. The smallest absolute Gasteiger partial charge is 0.309 e. The molecule has 0 saturated carbocycles. The molecule has 0 radical (unpaired) electrons. The molecule has 1 saturated heterocycles. The number of hydrogen-bond acceptors (Lipinski definition) is 6. The van der Waals surface area contributed by atoms with E-state index in [9.17, 15) is 9.59 Å². The molecule has 2 heterocycles. The molecule has 1 aliphatic heterocycles. The molecule has 0 unspecified atom stereocenters. The zero-order valence-corrected chi connectivity index (χ0v) is 18.2. The largest absolute Gasteiger partial charge is 0.466 e. The number of nitrogens with zero attached hydrogens (tertiary/aromatic N) is 4. The van der Waals surface area contributed by atoms with Crippen molar-refractivity contribution in [2.45, 2.75) is 50.9 Å². The van der Waals surface area contributed by atoms with E-state index in [1.165, 1.54) is 11.8 Å². The Morgan fingerprint density at radius 1 is 1.24 bits per heavy atom. The van der Waals surface area contributed by atoms with Gasteiger partial charge in [0.2, 0.25) is 5.91 Å². The van der Waals surface area contributed by atoms with Crippen LogP contribution in [0.2, 0.25) is 0 Å². The van der Waals surface area contributed by atoms with Gasteiger partial charge >= 0.3 is 5.97 Å². The van der Waals surface area contributed by atoms with Gasteiger partial charge in [-0.25, -0.2) is 0 Å². The Bertz CT molecular complexity index is 875. The van der Waals surface area contributed by atoms with Crippen LogP contribution in [-0.2, 0) is 14.3 Å². The van der Waals surface area contributed by atoms with E-state index in [4.69, 9.17) is 4.74 Å². The summed E-state index contributed by atoms with van der Waals surface area (Å²) >= 11 is 1.42. The number of aryl methyl sites for hydroxylation is 2. The second kappa shape index (κ2) is 9.43. The molecule has 1 amide bonds. The van der Waals surface area contributed by atoms with E-state index in [1.54, 1.807) is 0 Å². The van der Waals surface area contributed by atoms with Gasteiger partial charge in [-0.2, -0.15) is 0 Å². The van der Waals surface area contributed by atoms with Gasteiger partial charge in [0.1, 0.15) is 5.82 Å². The molecular weight excluding hydrogens is 388 g/mol. The van der Waals surface area contributed by atoms with E-state index in [0.717, 1.165) is 17.1 Å². The second-order valence-electron chi connectivity index (χ2n) is 7.32. The van der Waals surface area contributed by atoms with Crippen molar-refractivity contribution >= 4 is 23.6 Å². The lowest BCUT2D eigenvalue weighted by molar-refractivity contribution is -0.151. The topological polar surface area (TPSA) is 77.3 Å². The van der Waals surface area contributed by atoms with Gasteiger partial charge in [-0.05, 0) is 58.2 Å². The Morgan fingerprint density at radius 3 is 2.62 bits per heavy atom. The molecule has 1 aliphatic rings. The number of carbonyl (C=O) groups is 2. The molecule has 29 heavy (non-hydrogen) atoms. The van der Waals surface area contributed by atoms with Crippen LogP contribution in [0.1, 0.15) is 38.1 Å². The maximum Gasteiger partial charge on any atom is 0.309 e. The van der Waals surface area contributed by atoms with Crippen molar-refractivity contribution in [3.8, 4) is 5.69 Å². The molecule has 1 atom stereocenters. The molecule has 0 bridgehead atoms. The van der Waals surface area contributed by atoms with Crippen LogP contribution in [0, 0.1) is 19.8 Å². The summed E-state index contributed by atoms with van der Waals surface area (Å²) in [6.07, 6.45) is 1.31.